The first kappa shape index (κ1) is 17.9. The van der Waals surface area contributed by atoms with Crippen LogP contribution in [0.15, 0.2) is 17.0 Å². The Balaban J connectivity index is 2.45. The molecule has 1 aliphatic rings. The van der Waals surface area contributed by atoms with Gasteiger partial charge in [0.1, 0.15) is 6.04 Å². The summed E-state index contributed by atoms with van der Waals surface area (Å²) in [6, 6.07) is 3.01. The molecular weight excluding hydrogens is 316 g/mol. The van der Waals surface area contributed by atoms with Crippen LogP contribution in [0.1, 0.15) is 29.5 Å². The second-order valence-electron chi connectivity index (χ2n) is 6.02. The van der Waals surface area contributed by atoms with Crippen LogP contribution in [0.3, 0.4) is 0 Å². The standard InChI is InChI=1S/C16H24N2O4S/c1-11-9-12(2)15(13(3)10-11)23(20,21)18-8-6-7-14(18)16(19)17(4)22-5/h9-10,14H,6-8H2,1-5H3. The molecule has 0 N–H and O–H groups in total. The van der Waals surface area contributed by atoms with E-state index in [1.54, 1.807) is 13.8 Å². The summed E-state index contributed by atoms with van der Waals surface area (Å²) in [6.45, 7) is 5.87. The molecule has 0 radical (unpaired) electrons. The Bertz CT molecular complexity index is 692. The van der Waals surface area contributed by atoms with Crippen LogP contribution in [-0.4, -0.2) is 50.4 Å². The zero-order valence-electron chi connectivity index (χ0n) is 14.3. The van der Waals surface area contributed by atoms with E-state index in [9.17, 15) is 13.2 Å². The average molecular weight is 340 g/mol. The monoisotopic (exact) mass is 340 g/mol. The lowest BCUT2D eigenvalue weighted by atomic mass is 10.1. The van der Waals surface area contributed by atoms with Crippen molar-refractivity contribution < 1.29 is 18.0 Å². The van der Waals surface area contributed by atoms with Gasteiger partial charge in [0.15, 0.2) is 0 Å². The van der Waals surface area contributed by atoms with Crippen molar-refractivity contribution in [3.8, 4) is 0 Å². The van der Waals surface area contributed by atoms with Gasteiger partial charge in [-0.2, -0.15) is 4.31 Å². The van der Waals surface area contributed by atoms with Gasteiger partial charge in [-0.15, -0.1) is 0 Å². The van der Waals surface area contributed by atoms with E-state index in [-0.39, 0.29) is 5.91 Å². The number of sulfonamides is 1. The summed E-state index contributed by atoms with van der Waals surface area (Å²) in [5, 5.41) is 1.09. The van der Waals surface area contributed by atoms with E-state index in [2.05, 4.69) is 0 Å². The molecule has 23 heavy (non-hydrogen) atoms. The number of amides is 1. The minimum absolute atomic E-state index is 0.308. The Morgan fingerprint density at radius 3 is 2.35 bits per heavy atom. The Morgan fingerprint density at radius 2 is 1.83 bits per heavy atom. The number of hydrogen-bond acceptors (Lipinski definition) is 4. The first-order valence-electron chi connectivity index (χ1n) is 7.61. The van der Waals surface area contributed by atoms with E-state index in [4.69, 9.17) is 4.84 Å². The van der Waals surface area contributed by atoms with Gasteiger partial charge < -0.3 is 0 Å². The first-order chi connectivity index (χ1) is 10.7. The van der Waals surface area contributed by atoms with E-state index in [1.165, 1.54) is 18.5 Å². The SMILES string of the molecule is CON(C)C(=O)C1CCCN1S(=O)(=O)c1c(C)cc(C)cc1C. The molecule has 0 saturated carbocycles. The fourth-order valence-corrected chi connectivity index (χ4v) is 5.33. The van der Waals surface area contributed by atoms with Gasteiger partial charge in [-0.25, -0.2) is 13.5 Å². The molecule has 128 valence electrons. The Hall–Kier alpha value is -1.44. The molecule has 7 heteroatoms. The van der Waals surface area contributed by atoms with Crippen molar-refractivity contribution in [1.82, 2.24) is 9.37 Å². The normalized spacial score (nSPS) is 19.1. The van der Waals surface area contributed by atoms with Crippen molar-refractivity contribution >= 4 is 15.9 Å². The summed E-state index contributed by atoms with van der Waals surface area (Å²) < 4.78 is 27.6. The molecule has 0 aliphatic carbocycles. The zero-order chi connectivity index (χ0) is 17.4. The predicted octanol–water partition coefficient (Wildman–Crippen LogP) is 1.78. The molecule has 1 unspecified atom stereocenters. The summed E-state index contributed by atoms with van der Waals surface area (Å²) in [5.74, 6) is -0.337. The van der Waals surface area contributed by atoms with Gasteiger partial charge in [-0.1, -0.05) is 17.7 Å². The smallest absolute Gasteiger partial charge is 0.264 e. The van der Waals surface area contributed by atoms with Crippen molar-refractivity contribution in [2.24, 2.45) is 0 Å². The zero-order valence-corrected chi connectivity index (χ0v) is 15.1. The van der Waals surface area contributed by atoms with E-state index >= 15 is 0 Å². The number of benzene rings is 1. The van der Waals surface area contributed by atoms with E-state index in [0.717, 1.165) is 10.6 Å². The molecule has 1 heterocycles. The first-order valence-corrected chi connectivity index (χ1v) is 9.05. The summed E-state index contributed by atoms with van der Waals surface area (Å²) in [4.78, 5) is 17.6. The average Bonchev–Trinajstić information content (AvgIpc) is 2.94. The third kappa shape index (κ3) is 3.27. The number of likely N-dealkylation sites (N-methyl/N-ethyl adjacent to an activating group) is 1. The van der Waals surface area contributed by atoms with Crippen LogP contribution < -0.4 is 0 Å². The third-order valence-electron chi connectivity index (χ3n) is 4.24. The number of nitrogens with zero attached hydrogens (tertiary/aromatic N) is 2. The largest absolute Gasteiger partial charge is 0.275 e. The second-order valence-corrected chi connectivity index (χ2v) is 7.85. The van der Waals surface area contributed by atoms with E-state index in [1.807, 2.05) is 19.1 Å². The summed E-state index contributed by atoms with van der Waals surface area (Å²) in [5.41, 5.74) is 2.44. The number of aryl methyl sites for hydroxylation is 3. The van der Waals surface area contributed by atoms with Crippen LogP contribution >= 0.6 is 0 Å². The van der Waals surface area contributed by atoms with Crippen LogP contribution in [0.4, 0.5) is 0 Å². The number of hydrogen-bond donors (Lipinski definition) is 0. The van der Waals surface area contributed by atoms with Gasteiger partial charge in [0.2, 0.25) is 10.0 Å². The molecule has 1 fully saturated rings. The topological polar surface area (TPSA) is 66.9 Å². The van der Waals surface area contributed by atoms with Crippen LogP contribution in [0.5, 0.6) is 0 Å². The third-order valence-corrected chi connectivity index (χ3v) is 6.46. The Morgan fingerprint density at radius 1 is 1.26 bits per heavy atom. The minimum Gasteiger partial charge on any atom is -0.275 e. The van der Waals surface area contributed by atoms with Gasteiger partial charge in [-0.3, -0.25) is 9.63 Å². The van der Waals surface area contributed by atoms with Gasteiger partial charge in [-0.05, 0) is 44.7 Å². The van der Waals surface area contributed by atoms with Crippen molar-refractivity contribution in [3.63, 3.8) is 0 Å². The number of carbonyl (C=O) groups is 1. The lowest BCUT2D eigenvalue weighted by molar-refractivity contribution is -0.172. The van der Waals surface area contributed by atoms with Gasteiger partial charge in [0.05, 0.1) is 12.0 Å². The quantitative estimate of drug-likeness (QED) is 0.784. The van der Waals surface area contributed by atoms with E-state index < -0.39 is 16.1 Å². The summed E-state index contributed by atoms with van der Waals surface area (Å²) >= 11 is 0. The minimum atomic E-state index is -3.72. The molecule has 1 aromatic rings. The second kappa shape index (κ2) is 6.59. The molecule has 2 rings (SSSR count). The lowest BCUT2D eigenvalue weighted by Gasteiger charge is -2.27. The van der Waals surface area contributed by atoms with Crippen LogP contribution in [0, 0.1) is 20.8 Å². The number of carbonyl (C=O) groups excluding carboxylic acids is 1. The number of rotatable bonds is 4. The molecule has 0 spiro atoms. The fraction of sp³-hybridized carbons (Fsp3) is 0.562. The van der Waals surface area contributed by atoms with Crippen LogP contribution in [-0.2, 0) is 19.7 Å². The molecule has 0 aromatic heterocycles. The summed E-state index contributed by atoms with van der Waals surface area (Å²) in [7, 11) is -0.840. The molecule has 1 aliphatic heterocycles. The van der Waals surface area contributed by atoms with Crippen LogP contribution in [0.2, 0.25) is 0 Å². The van der Waals surface area contributed by atoms with Gasteiger partial charge in [0.25, 0.3) is 5.91 Å². The number of hydroxylamine groups is 2. The molecule has 1 aromatic carbocycles. The molecule has 6 nitrogen and oxygen atoms in total. The maximum absolute atomic E-state index is 13.1. The Labute approximate surface area is 138 Å². The van der Waals surface area contributed by atoms with Crippen molar-refractivity contribution in [3.05, 3.63) is 28.8 Å². The van der Waals surface area contributed by atoms with E-state index in [0.29, 0.717) is 35.4 Å². The maximum Gasteiger partial charge on any atom is 0.264 e. The molecule has 0 bridgehead atoms. The maximum atomic E-state index is 13.1. The highest BCUT2D eigenvalue weighted by Crippen LogP contribution is 2.31. The highest BCUT2D eigenvalue weighted by Gasteiger charge is 2.41. The molecule has 1 atom stereocenters. The summed E-state index contributed by atoms with van der Waals surface area (Å²) in [6.07, 6.45) is 1.17. The van der Waals surface area contributed by atoms with Gasteiger partial charge in [0, 0.05) is 13.6 Å². The van der Waals surface area contributed by atoms with Crippen molar-refractivity contribution in [1.29, 1.82) is 0 Å². The highest BCUT2D eigenvalue weighted by molar-refractivity contribution is 7.89. The molecule has 1 amide bonds. The fourth-order valence-electron chi connectivity index (χ4n) is 3.27. The van der Waals surface area contributed by atoms with Gasteiger partial charge >= 0.3 is 0 Å². The molecular formula is C16H24N2O4S. The van der Waals surface area contributed by atoms with Crippen LogP contribution in [0.25, 0.3) is 0 Å². The Kier molecular flexibility index (Phi) is 5.13. The van der Waals surface area contributed by atoms with Crippen molar-refractivity contribution in [2.45, 2.75) is 44.6 Å². The molecule has 1 saturated heterocycles. The predicted molar refractivity (Wildman–Crippen MR) is 87.3 cm³/mol. The van der Waals surface area contributed by atoms with Crippen molar-refractivity contribution in [2.75, 3.05) is 20.7 Å². The lowest BCUT2D eigenvalue weighted by Crippen LogP contribution is -2.46. The highest BCUT2D eigenvalue weighted by atomic mass is 32.2.